The van der Waals surface area contributed by atoms with Gasteiger partial charge in [0, 0.05) is 35.1 Å². The number of anilines is 2. The van der Waals surface area contributed by atoms with Gasteiger partial charge in [0.1, 0.15) is 0 Å². The highest BCUT2D eigenvalue weighted by atomic mass is 35.5. The number of hydrogen-bond acceptors (Lipinski definition) is 2. The number of benzene rings is 2. The predicted octanol–water partition coefficient (Wildman–Crippen LogP) is 4.97. The van der Waals surface area contributed by atoms with Crippen LogP contribution in [0.3, 0.4) is 0 Å². The minimum Gasteiger partial charge on any atom is -0.372 e. The summed E-state index contributed by atoms with van der Waals surface area (Å²) < 4.78 is 0. The van der Waals surface area contributed by atoms with Crippen LogP contribution in [-0.2, 0) is 0 Å². The van der Waals surface area contributed by atoms with Crippen LogP contribution in [0.25, 0.3) is 0 Å². The molecule has 0 saturated carbocycles. The largest absolute Gasteiger partial charge is 0.372 e. The summed E-state index contributed by atoms with van der Waals surface area (Å²) in [4.78, 5) is 14.6. The van der Waals surface area contributed by atoms with Crippen LogP contribution >= 0.6 is 11.6 Å². The lowest BCUT2D eigenvalue weighted by Crippen LogP contribution is -2.23. The maximum absolute atomic E-state index is 12.2. The second-order valence-corrected chi connectivity index (χ2v) is 6.35. The summed E-state index contributed by atoms with van der Waals surface area (Å²) in [5.74, 6) is -0.143. The van der Waals surface area contributed by atoms with Gasteiger partial charge in [-0.3, -0.25) is 4.79 Å². The Morgan fingerprint density at radius 2 is 1.65 bits per heavy atom. The van der Waals surface area contributed by atoms with Gasteiger partial charge < -0.3 is 10.2 Å². The molecule has 0 unspecified atom stereocenters. The summed E-state index contributed by atoms with van der Waals surface area (Å²) in [5, 5.41) is 3.48. The molecule has 1 saturated heterocycles. The van der Waals surface area contributed by atoms with Crippen LogP contribution in [0.2, 0.25) is 5.02 Å². The highest BCUT2D eigenvalue weighted by Crippen LogP contribution is 2.22. The highest BCUT2D eigenvalue weighted by molar-refractivity contribution is 6.31. The summed E-state index contributed by atoms with van der Waals surface area (Å²) in [6.45, 7) is 2.24. The molecule has 2 aromatic carbocycles. The van der Waals surface area contributed by atoms with Crippen LogP contribution in [0.5, 0.6) is 0 Å². The van der Waals surface area contributed by atoms with Crippen LogP contribution in [0.1, 0.15) is 36.0 Å². The molecular weight excluding hydrogens is 308 g/mol. The van der Waals surface area contributed by atoms with Crippen molar-refractivity contribution >= 4 is 28.9 Å². The Labute approximate surface area is 142 Å². The van der Waals surface area contributed by atoms with E-state index in [-0.39, 0.29) is 5.91 Å². The zero-order chi connectivity index (χ0) is 16.1. The summed E-state index contributed by atoms with van der Waals surface area (Å²) in [5.41, 5.74) is 2.59. The molecule has 0 aromatic heterocycles. The first-order valence-corrected chi connectivity index (χ1v) is 8.52. The lowest BCUT2D eigenvalue weighted by Gasteiger charge is -2.22. The lowest BCUT2D eigenvalue weighted by molar-refractivity contribution is 0.102. The quantitative estimate of drug-likeness (QED) is 0.862. The fourth-order valence-electron chi connectivity index (χ4n) is 2.92. The Morgan fingerprint density at radius 3 is 2.30 bits per heavy atom. The van der Waals surface area contributed by atoms with Crippen molar-refractivity contribution in [1.82, 2.24) is 0 Å². The van der Waals surface area contributed by atoms with E-state index in [4.69, 9.17) is 11.6 Å². The Balaban J connectivity index is 1.66. The van der Waals surface area contributed by atoms with Crippen molar-refractivity contribution in [3.63, 3.8) is 0 Å². The van der Waals surface area contributed by atoms with E-state index in [1.165, 1.54) is 31.4 Å². The first-order chi connectivity index (χ1) is 11.2. The maximum atomic E-state index is 12.2. The molecule has 23 heavy (non-hydrogen) atoms. The molecule has 0 spiro atoms. The van der Waals surface area contributed by atoms with Crippen molar-refractivity contribution in [3.8, 4) is 0 Å². The summed E-state index contributed by atoms with van der Waals surface area (Å²) in [7, 11) is 0. The average molecular weight is 329 g/mol. The van der Waals surface area contributed by atoms with Crippen molar-refractivity contribution in [2.75, 3.05) is 23.3 Å². The van der Waals surface area contributed by atoms with E-state index in [9.17, 15) is 4.79 Å². The number of nitrogens with one attached hydrogen (secondary N) is 1. The first kappa shape index (κ1) is 15.9. The van der Waals surface area contributed by atoms with Gasteiger partial charge in [0.15, 0.2) is 0 Å². The van der Waals surface area contributed by atoms with E-state index in [0.29, 0.717) is 10.6 Å². The predicted molar refractivity (Wildman–Crippen MR) is 96.5 cm³/mol. The van der Waals surface area contributed by atoms with Crippen LogP contribution in [0, 0.1) is 0 Å². The van der Waals surface area contributed by atoms with Gasteiger partial charge in [-0.2, -0.15) is 0 Å². The molecule has 1 aliphatic heterocycles. The normalized spacial score (nSPS) is 15.1. The number of nitrogens with zero attached hydrogens (tertiary/aromatic N) is 1. The smallest absolute Gasteiger partial charge is 0.255 e. The van der Waals surface area contributed by atoms with Gasteiger partial charge in [-0.05, 0) is 55.3 Å². The molecule has 0 atom stereocenters. The van der Waals surface area contributed by atoms with Crippen LogP contribution in [0.15, 0.2) is 48.5 Å². The Morgan fingerprint density at radius 1 is 0.957 bits per heavy atom. The van der Waals surface area contributed by atoms with E-state index >= 15 is 0 Å². The van der Waals surface area contributed by atoms with Gasteiger partial charge in [0.25, 0.3) is 5.91 Å². The molecular formula is C19H21ClN2O. The first-order valence-electron chi connectivity index (χ1n) is 8.14. The number of hydrogen-bond donors (Lipinski definition) is 1. The Hall–Kier alpha value is -2.00. The molecule has 3 rings (SSSR count). The van der Waals surface area contributed by atoms with E-state index in [2.05, 4.69) is 22.3 Å². The summed E-state index contributed by atoms with van der Waals surface area (Å²) in [6, 6.07) is 15.0. The van der Waals surface area contributed by atoms with E-state index < -0.39 is 0 Å². The van der Waals surface area contributed by atoms with E-state index in [1.807, 2.05) is 12.1 Å². The minimum absolute atomic E-state index is 0.143. The van der Waals surface area contributed by atoms with Gasteiger partial charge in [-0.15, -0.1) is 0 Å². The molecule has 0 aliphatic carbocycles. The molecule has 1 fully saturated rings. The molecule has 1 aliphatic rings. The highest BCUT2D eigenvalue weighted by Gasteiger charge is 2.10. The van der Waals surface area contributed by atoms with Gasteiger partial charge >= 0.3 is 0 Å². The van der Waals surface area contributed by atoms with Crippen LogP contribution < -0.4 is 10.2 Å². The van der Waals surface area contributed by atoms with Crippen molar-refractivity contribution in [1.29, 1.82) is 0 Å². The van der Waals surface area contributed by atoms with E-state index in [0.717, 1.165) is 18.8 Å². The van der Waals surface area contributed by atoms with Crippen LogP contribution in [-0.4, -0.2) is 19.0 Å². The maximum Gasteiger partial charge on any atom is 0.255 e. The van der Waals surface area contributed by atoms with Crippen LogP contribution in [0.4, 0.5) is 11.4 Å². The third-order valence-corrected chi connectivity index (χ3v) is 4.42. The summed E-state index contributed by atoms with van der Waals surface area (Å²) in [6.07, 6.45) is 5.16. The fourth-order valence-corrected chi connectivity index (χ4v) is 3.11. The second kappa shape index (κ2) is 7.51. The third-order valence-electron chi connectivity index (χ3n) is 4.18. The zero-order valence-corrected chi connectivity index (χ0v) is 13.9. The standard InChI is InChI=1S/C19H21ClN2O/c20-16-7-5-6-15(14-16)19(23)21-17-8-10-18(11-9-17)22-12-3-1-2-4-13-22/h5-11,14H,1-4,12-13H2,(H,21,23). The van der Waals surface area contributed by atoms with Gasteiger partial charge in [-0.1, -0.05) is 30.5 Å². The molecule has 1 N–H and O–H groups in total. The van der Waals surface area contributed by atoms with E-state index in [1.54, 1.807) is 24.3 Å². The average Bonchev–Trinajstić information content (AvgIpc) is 2.85. The number of carbonyl (C=O) groups excluding carboxylic acids is 1. The van der Waals surface area contributed by atoms with Crippen molar-refractivity contribution < 1.29 is 4.79 Å². The number of carbonyl (C=O) groups is 1. The lowest BCUT2D eigenvalue weighted by atomic mass is 10.2. The minimum atomic E-state index is -0.143. The Kier molecular flexibility index (Phi) is 5.19. The van der Waals surface area contributed by atoms with Crippen molar-refractivity contribution in [2.45, 2.75) is 25.7 Å². The number of halogens is 1. The Bertz CT molecular complexity index is 661. The number of rotatable bonds is 3. The zero-order valence-electron chi connectivity index (χ0n) is 13.1. The monoisotopic (exact) mass is 328 g/mol. The van der Waals surface area contributed by atoms with Gasteiger partial charge in [0.2, 0.25) is 0 Å². The van der Waals surface area contributed by atoms with Gasteiger partial charge in [0.05, 0.1) is 0 Å². The molecule has 1 heterocycles. The molecule has 2 aromatic rings. The third kappa shape index (κ3) is 4.26. The molecule has 4 heteroatoms. The summed E-state index contributed by atoms with van der Waals surface area (Å²) >= 11 is 5.93. The van der Waals surface area contributed by atoms with Crippen molar-refractivity contribution in [2.24, 2.45) is 0 Å². The molecule has 3 nitrogen and oxygen atoms in total. The molecule has 120 valence electrons. The molecule has 0 bridgehead atoms. The second-order valence-electron chi connectivity index (χ2n) is 5.91. The molecule has 1 amide bonds. The van der Waals surface area contributed by atoms with Gasteiger partial charge in [-0.25, -0.2) is 0 Å². The fraction of sp³-hybridized carbons (Fsp3) is 0.316. The number of amides is 1. The topological polar surface area (TPSA) is 32.3 Å². The SMILES string of the molecule is O=C(Nc1ccc(N2CCCCCC2)cc1)c1cccc(Cl)c1. The van der Waals surface area contributed by atoms with Crippen molar-refractivity contribution in [3.05, 3.63) is 59.1 Å². The molecule has 0 radical (unpaired) electrons.